The number of nitrogens with one attached hydrogen (secondary N) is 2. The van der Waals surface area contributed by atoms with Crippen molar-refractivity contribution in [2.45, 2.75) is 192 Å². The monoisotopic (exact) mass is 898 g/mol. The van der Waals surface area contributed by atoms with Gasteiger partial charge < -0.3 is 69.1 Å². The van der Waals surface area contributed by atoms with Crippen molar-refractivity contribution < 1.29 is 63.2 Å². The fourth-order valence-electron chi connectivity index (χ4n) is 9.34. The number of likely N-dealkylation sites (N-methyl/N-ethyl adjacent to an activating group) is 1. The summed E-state index contributed by atoms with van der Waals surface area (Å²) in [5, 5.41) is 52.9. The Morgan fingerprint density at radius 2 is 1.56 bits per heavy atom. The molecule has 62 heavy (non-hydrogen) atoms. The van der Waals surface area contributed by atoms with Gasteiger partial charge in [-0.05, 0) is 85.5 Å². The van der Waals surface area contributed by atoms with Gasteiger partial charge >= 0.3 is 5.97 Å². The van der Waals surface area contributed by atoms with Crippen molar-refractivity contribution in [3.05, 3.63) is 35.9 Å². The van der Waals surface area contributed by atoms with Crippen LogP contribution in [0.5, 0.6) is 0 Å². The number of amides is 1. The second-order valence-electron chi connectivity index (χ2n) is 18.5. The fourth-order valence-corrected chi connectivity index (χ4v) is 9.55. The molecule has 0 spiro atoms. The maximum absolute atomic E-state index is 14.4. The lowest BCUT2D eigenvalue weighted by atomic mass is 9.77. The van der Waals surface area contributed by atoms with E-state index in [9.17, 15) is 30.0 Å². The van der Waals surface area contributed by atoms with Crippen LogP contribution in [0.3, 0.4) is 0 Å². The minimum Gasteiger partial charge on any atom is -0.459 e. The van der Waals surface area contributed by atoms with Crippen LogP contribution in [0.4, 0.5) is 0 Å². The molecule has 16 nitrogen and oxygen atoms in total. The summed E-state index contributed by atoms with van der Waals surface area (Å²) in [5.41, 5.74) is -3.32. The van der Waals surface area contributed by atoms with E-state index in [-0.39, 0.29) is 19.3 Å². The molecule has 3 aliphatic heterocycles. The van der Waals surface area contributed by atoms with Gasteiger partial charge in [-0.1, -0.05) is 51.1 Å². The number of hydrogen-bond acceptors (Lipinski definition) is 14. The first-order valence-corrected chi connectivity index (χ1v) is 22.4. The first kappa shape index (κ1) is 52.1. The predicted molar refractivity (Wildman–Crippen MR) is 234 cm³/mol. The van der Waals surface area contributed by atoms with Crippen molar-refractivity contribution >= 4 is 29.2 Å². The summed E-state index contributed by atoms with van der Waals surface area (Å²) in [6.45, 7) is 17.4. The lowest BCUT2D eigenvalue weighted by Crippen LogP contribution is -2.62. The van der Waals surface area contributed by atoms with Gasteiger partial charge in [-0.25, -0.2) is 0 Å². The summed E-state index contributed by atoms with van der Waals surface area (Å²) in [5.74, 6) is -3.77. The van der Waals surface area contributed by atoms with Gasteiger partial charge in [-0.3, -0.25) is 9.59 Å². The molecule has 3 fully saturated rings. The highest BCUT2D eigenvalue weighted by Crippen LogP contribution is 2.41. The quantitative estimate of drug-likeness (QED) is 0.147. The number of cyclic esters (lactones) is 1. The van der Waals surface area contributed by atoms with Crippen molar-refractivity contribution in [1.82, 2.24) is 15.5 Å². The highest BCUT2D eigenvalue weighted by atomic mass is 32.1. The molecule has 1 amide bonds. The van der Waals surface area contributed by atoms with E-state index >= 15 is 0 Å². The minimum atomic E-state index is -1.97. The van der Waals surface area contributed by atoms with Gasteiger partial charge in [-0.15, -0.1) is 0 Å². The highest BCUT2D eigenvalue weighted by molar-refractivity contribution is 7.80. The van der Waals surface area contributed by atoms with Gasteiger partial charge in [0.05, 0.1) is 53.6 Å². The summed E-state index contributed by atoms with van der Waals surface area (Å²) in [6.07, 6.45) is -9.70. The minimum absolute atomic E-state index is 0.0623. The van der Waals surface area contributed by atoms with Gasteiger partial charge in [0.25, 0.3) is 0 Å². The molecule has 1 aromatic carbocycles. The Hall–Kier alpha value is -2.55. The zero-order valence-corrected chi connectivity index (χ0v) is 39.7. The molecule has 3 heterocycles. The first-order valence-electron chi connectivity index (χ1n) is 22.0. The van der Waals surface area contributed by atoms with E-state index in [1.807, 2.05) is 56.1 Å². The second-order valence-corrected chi connectivity index (χ2v) is 18.9. The number of rotatable bonds is 10. The van der Waals surface area contributed by atoms with Crippen LogP contribution in [0.2, 0.25) is 0 Å². The Morgan fingerprint density at radius 1 is 0.935 bits per heavy atom. The number of methoxy groups -OCH3 is 2. The molecule has 0 aromatic heterocycles. The van der Waals surface area contributed by atoms with Crippen LogP contribution in [0.25, 0.3) is 0 Å². The van der Waals surface area contributed by atoms with Crippen LogP contribution in [0.15, 0.2) is 30.3 Å². The Balaban J connectivity index is 1.80. The third kappa shape index (κ3) is 11.8. The van der Waals surface area contributed by atoms with Crippen molar-refractivity contribution in [1.29, 1.82) is 0 Å². The van der Waals surface area contributed by atoms with E-state index in [2.05, 4.69) is 10.6 Å². The number of benzene rings is 1. The summed E-state index contributed by atoms with van der Waals surface area (Å²) in [7, 11) is 4.80. The maximum Gasteiger partial charge on any atom is 0.311 e. The Kier molecular flexibility index (Phi) is 18.2. The zero-order chi connectivity index (χ0) is 46.5. The van der Waals surface area contributed by atoms with Gasteiger partial charge in [0, 0.05) is 46.1 Å². The fraction of sp³-hybridized carbons (Fsp3) is 0.800. The molecule has 4 rings (SSSR count). The van der Waals surface area contributed by atoms with E-state index in [1.54, 1.807) is 48.5 Å². The summed E-state index contributed by atoms with van der Waals surface area (Å²) >= 11 is 5.80. The number of aliphatic hydroxyl groups is 4. The summed E-state index contributed by atoms with van der Waals surface area (Å²) < 4.78 is 44.5. The lowest BCUT2D eigenvalue weighted by Gasteiger charge is -2.49. The maximum atomic E-state index is 14.4. The van der Waals surface area contributed by atoms with Crippen LogP contribution in [-0.2, 0) is 49.3 Å². The topological polar surface area (TPSA) is 207 Å². The third-order valence-corrected chi connectivity index (χ3v) is 14.0. The van der Waals surface area contributed by atoms with E-state index < -0.39 is 120 Å². The molecular formula is C45H75N3O13S. The average molecular weight is 898 g/mol. The highest BCUT2D eigenvalue weighted by Gasteiger charge is 2.53. The zero-order valence-electron chi connectivity index (χ0n) is 38.9. The molecular weight excluding hydrogens is 823 g/mol. The molecule has 0 bridgehead atoms. The Morgan fingerprint density at radius 3 is 2.16 bits per heavy atom. The van der Waals surface area contributed by atoms with Gasteiger partial charge in [0.15, 0.2) is 17.7 Å². The van der Waals surface area contributed by atoms with Crippen LogP contribution in [-0.4, -0.2) is 154 Å². The predicted octanol–water partition coefficient (Wildman–Crippen LogP) is 3.18. The third-order valence-electron chi connectivity index (χ3n) is 13.6. The van der Waals surface area contributed by atoms with Crippen LogP contribution < -0.4 is 10.6 Å². The summed E-state index contributed by atoms with van der Waals surface area (Å²) in [4.78, 5) is 30.1. The van der Waals surface area contributed by atoms with E-state index in [0.29, 0.717) is 18.1 Å². The summed E-state index contributed by atoms with van der Waals surface area (Å²) in [6, 6.07) is 8.33. The lowest BCUT2D eigenvalue weighted by molar-refractivity contribution is -0.318. The molecule has 17 heteroatoms. The molecule has 1 aromatic rings. The number of carbonyl (C=O) groups is 2. The number of thiocarbonyl (C=S) groups is 1. The second kappa shape index (κ2) is 21.6. The van der Waals surface area contributed by atoms with Crippen molar-refractivity contribution in [2.75, 3.05) is 21.3 Å². The number of hydrogen-bond donors (Lipinski definition) is 6. The van der Waals surface area contributed by atoms with Crippen LogP contribution in [0.1, 0.15) is 100 Å². The Labute approximate surface area is 373 Å². The molecule has 3 saturated heterocycles. The van der Waals surface area contributed by atoms with E-state index in [1.165, 1.54) is 21.1 Å². The molecule has 18 atom stereocenters. The standard InChI is InChI=1S/C45H75N3O13S/c1-14-32-45(10,54)36(50)28(6)47-39(52)24(2)21-44(9,56-13)38(26(4)35(27(5)40(53)59-32)60-33-22-43(8,55-12)37(51)29(7)58-33)61-41-34(49)31(20-25(3)57-41)48(11)42(62)46-23-30-18-16-15-17-19-30/h15-19,24-29,31-38,41,49-51,54H,14,20-23H2,1-13H3,(H,46,62)(H,47,52)/t24-,25-,26-,27-,28-,29+,31+,32?,33+,34-,35+,36-,37+,38-,41+,43-,44-,45-/m1/s1. The van der Waals surface area contributed by atoms with E-state index in [4.69, 9.17) is 45.4 Å². The SMILES string of the molecule is CCC1OC(=O)[C@H](C)[C@@H](O[C@H]2C[C@@](C)(OC)[C@@H](O)[C@H](C)O2)[C@@H](C)[C@@H](O[C@@H]2O[C@H](C)C[C@H](N(C)C(=S)NCc3ccccc3)[C@H]2O)[C@](C)(OC)C[C@@H](C)C(=O)N[C@H](C)[C@@H](O)[C@]1(C)O. The number of carbonyl (C=O) groups excluding carboxylic acids is 2. The molecule has 0 radical (unpaired) electrons. The van der Waals surface area contributed by atoms with Crippen molar-refractivity contribution in [3.63, 3.8) is 0 Å². The first-order chi connectivity index (χ1) is 28.9. The van der Waals surface area contributed by atoms with Crippen molar-refractivity contribution in [2.24, 2.45) is 17.8 Å². The number of aliphatic hydroxyl groups excluding tert-OH is 3. The van der Waals surface area contributed by atoms with Gasteiger partial charge in [0.2, 0.25) is 5.91 Å². The van der Waals surface area contributed by atoms with E-state index in [0.717, 1.165) is 5.56 Å². The Bertz CT molecular complexity index is 1630. The van der Waals surface area contributed by atoms with Crippen LogP contribution in [0, 0.1) is 17.8 Å². The molecule has 6 N–H and O–H groups in total. The molecule has 3 aliphatic rings. The number of nitrogens with zero attached hydrogens (tertiary/aromatic N) is 1. The number of ether oxygens (including phenoxy) is 7. The molecule has 354 valence electrons. The van der Waals surface area contributed by atoms with Crippen LogP contribution >= 0.6 is 12.2 Å². The largest absolute Gasteiger partial charge is 0.459 e. The molecule has 0 saturated carbocycles. The molecule has 0 aliphatic carbocycles. The average Bonchev–Trinajstić information content (AvgIpc) is 3.24. The normalized spacial score (nSPS) is 42.8. The smallest absolute Gasteiger partial charge is 0.311 e. The number of esters is 1. The van der Waals surface area contributed by atoms with Gasteiger partial charge in [0.1, 0.15) is 30.0 Å². The van der Waals surface area contributed by atoms with Crippen molar-refractivity contribution in [3.8, 4) is 0 Å². The molecule has 1 unspecified atom stereocenters. The van der Waals surface area contributed by atoms with Gasteiger partial charge in [-0.2, -0.15) is 0 Å².